The second-order valence-corrected chi connectivity index (χ2v) is 7.46. The van der Waals surface area contributed by atoms with Gasteiger partial charge in [-0.25, -0.2) is 4.39 Å². The van der Waals surface area contributed by atoms with Gasteiger partial charge in [-0.1, -0.05) is 43.1 Å². The van der Waals surface area contributed by atoms with Gasteiger partial charge in [-0.05, 0) is 48.8 Å². The number of halogens is 2. The Balaban J connectivity index is 2.01. The van der Waals surface area contributed by atoms with Gasteiger partial charge in [-0.2, -0.15) is 0 Å². The third kappa shape index (κ3) is 4.05. The van der Waals surface area contributed by atoms with E-state index in [0.29, 0.717) is 24.4 Å². The molecular weight excluding hydrogens is 317 g/mol. The summed E-state index contributed by atoms with van der Waals surface area (Å²) in [7, 11) is 0. The van der Waals surface area contributed by atoms with Gasteiger partial charge in [0.1, 0.15) is 5.82 Å². The minimum atomic E-state index is -0.120. The molecule has 0 aliphatic heterocycles. The molecule has 1 aromatic rings. The molecule has 0 aromatic heterocycles. The molecule has 1 fully saturated rings. The van der Waals surface area contributed by atoms with Crippen molar-refractivity contribution in [1.29, 1.82) is 0 Å². The predicted molar refractivity (Wildman–Crippen MR) is 86.1 cm³/mol. The number of benzene rings is 1. The summed E-state index contributed by atoms with van der Waals surface area (Å²) < 4.78 is 14.7. The Labute approximate surface area is 130 Å². The van der Waals surface area contributed by atoms with Gasteiger partial charge in [0.25, 0.3) is 0 Å². The van der Waals surface area contributed by atoms with Crippen LogP contribution in [0.15, 0.2) is 22.7 Å². The van der Waals surface area contributed by atoms with Crippen LogP contribution in [0.1, 0.15) is 45.6 Å². The van der Waals surface area contributed by atoms with Crippen LogP contribution in [-0.2, 0) is 6.54 Å². The first-order valence-electron chi connectivity index (χ1n) is 7.64. The lowest BCUT2D eigenvalue weighted by Gasteiger charge is -2.38. The molecule has 0 amide bonds. The average molecular weight is 342 g/mol. The smallest absolute Gasteiger partial charge is 0.127 e. The summed E-state index contributed by atoms with van der Waals surface area (Å²) in [5.41, 5.74) is 0.750. The summed E-state index contributed by atoms with van der Waals surface area (Å²) in [5.74, 6) is 2.05. The van der Waals surface area contributed by atoms with Gasteiger partial charge in [0.05, 0.1) is 0 Å². The molecule has 0 saturated heterocycles. The highest BCUT2D eigenvalue weighted by Crippen LogP contribution is 2.33. The number of hydrogen-bond acceptors (Lipinski definition) is 1. The van der Waals surface area contributed by atoms with Crippen LogP contribution in [0, 0.1) is 23.6 Å². The lowest BCUT2D eigenvalue weighted by atomic mass is 9.74. The van der Waals surface area contributed by atoms with Crippen molar-refractivity contribution in [2.24, 2.45) is 17.8 Å². The zero-order valence-electron chi connectivity index (χ0n) is 12.6. The lowest BCUT2D eigenvalue weighted by Crippen LogP contribution is -2.42. The van der Waals surface area contributed by atoms with Crippen molar-refractivity contribution < 1.29 is 4.39 Å². The molecule has 3 unspecified atom stereocenters. The van der Waals surface area contributed by atoms with Crippen LogP contribution in [0.4, 0.5) is 4.39 Å². The summed E-state index contributed by atoms with van der Waals surface area (Å²) in [6.45, 7) is 7.54. The van der Waals surface area contributed by atoms with Crippen LogP contribution >= 0.6 is 15.9 Å². The maximum Gasteiger partial charge on any atom is 0.127 e. The molecule has 20 heavy (non-hydrogen) atoms. The van der Waals surface area contributed by atoms with E-state index in [4.69, 9.17) is 0 Å². The van der Waals surface area contributed by atoms with Crippen LogP contribution in [0.5, 0.6) is 0 Å². The third-order valence-electron chi connectivity index (χ3n) is 4.58. The standard InChI is InChI=1S/C17H25BrFN/c1-11(2)15-6-4-12(3)8-17(15)20-10-13-9-14(18)5-7-16(13)19/h5,7,9,11-12,15,17,20H,4,6,8,10H2,1-3H3. The molecule has 3 atom stereocenters. The minimum absolute atomic E-state index is 0.120. The summed E-state index contributed by atoms with van der Waals surface area (Å²) in [5, 5.41) is 3.61. The first-order valence-corrected chi connectivity index (χ1v) is 8.44. The third-order valence-corrected chi connectivity index (χ3v) is 5.08. The van der Waals surface area contributed by atoms with E-state index in [1.807, 2.05) is 6.07 Å². The highest BCUT2D eigenvalue weighted by atomic mass is 79.9. The predicted octanol–water partition coefficient (Wildman–Crippen LogP) is 5.14. The van der Waals surface area contributed by atoms with Crippen molar-refractivity contribution in [2.45, 2.75) is 52.6 Å². The molecule has 112 valence electrons. The van der Waals surface area contributed by atoms with Crippen molar-refractivity contribution in [3.8, 4) is 0 Å². The van der Waals surface area contributed by atoms with Gasteiger partial charge >= 0.3 is 0 Å². The Morgan fingerprint density at radius 1 is 1.35 bits per heavy atom. The Hall–Kier alpha value is -0.410. The fraction of sp³-hybridized carbons (Fsp3) is 0.647. The van der Waals surface area contributed by atoms with Crippen molar-refractivity contribution in [3.63, 3.8) is 0 Å². The molecule has 1 aliphatic rings. The fourth-order valence-corrected chi connectivity index (χ4v) is 3.77. The van der Waals surface area contributed by atoms with Crippen molar-refractivity contribution in [2.75, 3.05) is 0 Å². The molecule has 1 aliphatic carbocycles. The summed E-state index contributed by atoms with van der Waals surface area (Å²) in [6, 6.07) is 5.67. The van der Waals surface area contributed by atoms with E-state index >= 15 is 0 Å². The molecule has 1 N–H and O–H groups in total. The maximum atomic E-state index is 13.8. The molecule has 0 bridgehead atoms. The molecule has 3 heteroatoms. The van der Waals surface area contributed by atoms with Crippen molar-refractivity contribution in [3.05, 3.63) is 34.1 Å². The lowest BCUT2D eigenvalue weighted by molar-refractivity contribution is 0.169. The fourth-order valence-electron chi connectivity index (χ4n) is 3.36. The van der Waals surface area contributed by atoms with Crippen molar-refractivity contribution in [1.82, 2.24) is 5.32 Å². The molecule has 1 aromatic carbocycles. The van der Waals surface area contributed by atoms with Crippen molar-refractivity contribution >= 4 is 15.9 Å². The Kier molecular flexibility index (Phi) is 5.62. The molecule has 1 saturated carbocycles. The van der Waals surface area contributed by atoms with Gasteiger partial charge in [-0.3, -0.25) is 0 Å². The van der Waals surface area contributed by atoms with Gasteiger partial charge in [0.15, 0.2) is 0 Å². The van der Waals surface area contributed by atoms with Gasteiger partial charge in [0, 0.05) is 22.6 Å². The quantitative estimate of drug-likeness (QED) is 0.799. The zero-order chi connectivity index (χ0) is 14.7. The van der Waals surface area contributed by atoms with E-state index in [1.165, 1.54) is 25.3 Å². The van der Waals surface area contributed by atoms with Crippen LogP contribution in [0.25, 0.3) is 0 Å². The molecule has 1 nitrogen and oxygen atoms in total. The normalized spacial score (nSPS) is 27.0. The second kappa shape index (κ2) is 7.04. The van der Waals surface area contributed by atoms with E-state index in [9.17, 15) is 4.39 Å². The minimum Gasteiger partial charge on any atom is -0.310 e. The highest BCUT2D eigenvalue weighted by Gasteiger charge is 2.30. The number of nitrogens with one attached hydrogen (secondary N) is 1. The molecule has 2 rings (SSSR count). The van der Waals surface area contributed by atoms with E-state index in [1.54, 1.807) is 6.07 Å². The monoisotopic (exact) mass is 341 g/mol. The van der Waals surface area contributed by atoms with Gasteiger partial charge < -0.3 is 5.32 Å². The zero-order valence-corrected chi connectivity index (χ0v) is 14.2. The van der Waals surface area contributed by atoms with E-state index in [0.717, 1.165) is 16.0 Å². The first-order chi connectivity index (χ1) is 9.47. The highest BCUT2D eigenvalue weighted by molar-refractivity contribution is 9.10. The van der Waals surface area contributed by atoms with Crippen LogP contribution < -0.4 is 5.32 Å². The van der Waals surface area contributed by atoms with Crippen LogP contribution in [0.3, 0.4) is 0 Å². The topological polar surface area (TPSA) is 12.0 Å². The number of hydrogen-bond donors (Lipinski definition) is 1. The van der Waals surface area contributed by atoms with Gasteiger partial charge in [-0.15, -0.1) is 0 Å². The van der Waals surface area contributed by atoms with Gasteiger partial charge in [0.2, 0.25) is 0 Å². The number of rotatable bonds is 4. The van der Waals surface area contributed by atoms with Crippen LogP contribution in [0.2, 0.25) is 0 Å². The Bertz CT molecular complexity index is 447. The summed E-state index contributed by atoms with van der Waals surface area (Å²) in [6.07, 6.45) is 3.82. The Morgan fingerprint density at radius 3 is 2.80 bits per heavy atom. The average Bonchev–Trinajstić information content (AvgIpc) is 2.39. The Morgan fingerprint density at radius 2 is 2.10 bits per heavy atom. The SMILES string of the molecule is CC1CCC(C(C)C)C(NCc2cc(Br)ccc2F)C1. The molecule has 0 spiro atoms. The van der Waals surface area contributed by atoms with Crippen LogP contribution in [-0.4, -0.2) is 6.04 Å². The summed E-state index contributed by atoms with van der Waals surface area (Å²) >= 11 is 3.41. The van der Waals surface area contributed by atoms with E-state index in [-0.39, 0.29) is 5.82 Å². The second-order valence-electron chi connectivity index (χ2n) is 6.55. The largest absolute Gasteiger partial charge is 0.310 e. The first kappa shape index (κ1) is 16.0. The molecule has 0 radical (unpaired) electrons. The van der Waals surface area contributed by atoms with E-state index in [2.05, 4.69) is 42.0 Å². The molecule has 0 heterocycles. The molecular formula is C17H25BrFN. The maximum absolute atomic E-state index is 13.8. The summed E-state index contributed by atoms with van der Waals surface area (Å²) in [4.78, 5) is 0. The van der Waals surface area contributed by atoms with E-state index < -0.39 is 0 Å².